The molecule has 3 aromatic rings. The number of aliphatic hydroxyl groups is 3. The first-order valence-electron chi connectivity index (χ1n) is 16.4. The molecule has 0 bridgehead atoms. The highest BCUT2D eigenvalue weighted by Gasteiger charge is 2.33. The number of aromatic hydroxyl groups is 1. The van der Waals surface area contributed by atoms with Crippen LogP contribution >= 0.6 is 0 Å². The average Bonchev–Trinajstić information content (AvgIpc) is 3.80. The zero-order valence-electron chi connectivity index (χ0n) is 26.6. The Morgan fingerprint density at radius 3 is 2.57 bits per heavy atom. The third-order valence-electron chi connectivity index (χ3n) is 8.87. The minimum Gasteiger partial charge on any atom is -0.504 e. The number of benzene rings is 1. The lowest BCUT2D eigenvalue weighted by Gasteiger charge is -2.33. The minimum absolute atomic E-state index is 0.00981. The number of aryl methyl sites for hydroxylation is 3. The molecule has 0 saturated heterocycles. The lowest BCUT2D eigenvalue weighted by atomic mass is 9.80. The van der Waals surface area contributed by atoms with Crippen LogP contribution in [0.15, 0.2) is 40.9 Å². The van der Waals surface area contributed by atoms with Crippen LogP contribution in [0, 0.1) is 5.92 Å². The second kappa shape index (κ2) is 17.0. The highest BCUT2D eigenvalue weighted by Crippen LogP contribution is 2.40. The van der Waals surface area contributed by atoms with E-state index in [0.717, 1.165) is 54.0 Å². The second-order valence-electron chi connectivity index (χ2n) is 12.4. The van der Waals surface area contributed by atoms with E-state index in [1.165, 1.54) is 25.7 Å². The van der Waals surface area contributed by atoms with Gasteiger partial charge in [-0.05, 0) is 81.0 Å². The summed E-state index contributed by atoms with van der Waals surface area (Å²) in [5.41, 5.74) is 3.65. The molecule has 9 nitrogen and oxygen atoms in total. The van der Waals surface area contributed by atoms with Crippen LogP contribution < -0.4 is 15.4 Å². The lowest BCUT2D eigenvalue weighted by Crippen LogP contribution is -2.46. The van der Waals surface area contributed by atoms with Crippen LogP contribution in [0.25, 0.3) is 0 Å². The van der Waals surface area contributed by atoms with Gasteiger partial charge in [0.05, 0.1) is 12.7 Å². The summed E-state index contributed by atoms with van der Waals surface area (Å²) in [5, 5.41) is 48.0. The number of furan rings is 1. The van der Waals surface area contributed by atoms with Gasteiger partial charge in [0, 0.05) is 55.3 Å². The molecular weight excluding hydrogens is 558 g/mol. The van der Waals surface area contributed by atoms with Crippen molar-refractivity contribution in [2.45, 2.75) is 102 Å². The summed E-state index contributed by atoms with van der Waals surface area (Å²) >= 11 is 0. The van der Waals surface area contributed by atoms with Crippen molar-refractivity contribution in [1.82, 2.24) is 15.6 Å². The molecule has 0 amide bonds. The summed E-state index contributed by atoms with van der Waals surface area (Å²) < 4.78 is 11.9. The number of H-pyrrole nitrogens is 1. The van der Waals surface area contributed by atoms with Crippen molar-refractivity contribution in [3.8, 4) is 11.5 Å². The Labute approximate surface area is 262 Å². The van der Waals surface area contributed by atoms with Gasteiger partial charge >= 0.3 is 0 Å². The van der Waals surface area contributed by atoms with Gasteiger partial charge in [-0.25, -0.2) is 0 Å². The number of phenols is 1. The molecule has 1 fully saturated rings. The predicted octanol–water partition coefficient (Wildman–Crippen LogP) is 4.88. The number of aromatic nitrogens is 1. The monoisotopic (exact) mass is 611 g/mol. The smallest absolute Gasteiger partial charge is 0.161 e. The molecule has 0 unspecified atom stereocenters. The largest absolute Gasteiger partial charge is 0.504 e. The van der Waals surface area contributed by atoms with Crippen molar-refractivity contribution in [2.24, 2.45) is 5.92 Å². The van der Waals surface area contributed by atoms with Gasteiger partial charge in [-0.2, -0.15) is 0 Å². The number of aliphatic hydroxyl groups excluding tert-OH is 3. The first-order chi connectivity index (χ1) is 21.3. The topological polar surface area (TPSA) is 143 Å². The van der Waals surface area contributed by atoms with Gasteiger partial charge in [0.25, 0.3) is 0 Å². The van der Waals surface area contributed by atoms with Crippen LogP contribution in [0.2, 0.25) is 0 Å². The molecule has 2 aromatic heterocycles. The fraction of sp³-hybridized carbons (Fsp3) is 0.600. The van der Waals surface area contributed by atoms with Crippen molar-refractivity contribution in [1.29, 1.82) is 0 Å². The van der Waals surface area contributed by atoms with Gasteiger partial charge in [0.1, 0.15) is 24.2 Å². The summed E-state index contributed by atoms with van der Waals surface area (Å²) in [6, 6.07) is 9.41. The molecule has 9 heteroatoms. The maximum atomic E-state index is 11.1. The summed E-state index contributed by atoms with van der Waals surface area (Å²) in [7, 11) is 1.95. The van der Waals surface area contributed by atoms with Crippen LogP contribution in [0.1, 0.15) is 98.3 Å². The molecule has 1 aliphatic rings. The van der Waals surface area contributed by atoms with E-state index in [0.29, 0.717) is 36.7 Å². The quantitative estimate of drug-likeness (QED) is 0.102. The molecular formula is C35H53N3O6. The standard InChI is InChI=1S/C35H53N3O6/c1-4-5-10-33-27(21-39)16-28(44-33)13-11-24-12-14-31(41)34(15-24)43-22-32(42)29-17-26(19-38-29)35(25-8-6-7-9-25)30(20-36-3)37-18-23(2)40/h12,14-17,19,23,25,30,32,35-42H,4-11,13,18,20-22H2,1-3H3/t23-,30-,32-,35-/m0/s1. The van der Waals surface area contributed by atoms with E-state index in [1.807, 2.05) is 37.5 Å². The number of nitrogens with one attached hydrogen (secondary N) is 3. The molecule has 0 aliphatic heterocycles. The van der Waals surface area contributed by atoms with Crippen molar-refractivity contribution in [2.75, 3.05) is 26.7 Å². The Bertz CT molecular complexity index is 1270. The number of hydrogen-bond acceptors (Lipinski definition) is 8. The van der Waals surface area contributed by atoms with Crippen LogP contribution in [-0.2, 0) is 25.9 Å². The van der Waals surface area contributed by atoms with E-state index >= 15 is 0 Å². The molecule has 2 heterocycles. The molecule has 4 rings (SSSR count). The van der Waals surface area contributed by atoms with Gasteiger partial charge in [0.15, 0.2) is 11.5 Å². The number of rotatable bonds is 19. The van der Waals surface area contributed by atoms with Crippen LogP contribution in [0.4, 0.5) is 0 Å². The molecule has 44 heavy (non-hydrogen) atoms. The van der Waals surface area contributed by atoms with Gasteiger partial charge in [-0.15, -0.1) is 0 Å². The van der Waals surface area contributed by atoms with Crippen LogP contribution in [0.3, 0.4) is 0 Å². The molecule has 1 aromatic carbocycles. The Balaban J connectivity index is 1.39. The highest BCUT2D eigenvalue weighted by molar-refractivity contribution is 5.42. The van der Waals surface area contributed by atoms with Crippen molar-refractivity contribution < 1.29 is 29.6 Å². The number of phenolic OH excluding ortho intramolecular Hbond substituents is 1. The lowest BCUT2D eigenvalue weighted by molar-refractivity contribution is 0.103. The molecule has 1 aliphatic carbocycles. The summed E-state index contributed by atoms with van der Waals surface area (Å²) in [4.78, 5) is 3.28. The summed E-state index contributed by atoms with van der Waals surface area (Å²) in [5.74, 6) is 2.83. The van der Waals surface area contributed by atoms with Crippen LogP contribution in [-0.4, -0.2) is 64.3 Å². The third-order valence-corrected chi connectivity index (χ3v) is 8.87. The zero-order chi connectivity index (χ0) is 31.5. The fourth-order valence-electron chi connectivity index (χ4n) is 6.52. The molecule has 244 valence electrons. The summed E-state index contributed by atoms with van der Waals surface area (Å²) in [6.45, 7) is 5.19. The third kappa shape index (κ3) is 9.34. The second-order valence-corrected chi connectivity index (χ2v) is 12.4. The number of unbranched alkanes of at least 4 members (excludes halogenated alkanes) is 1. The van der Waals surface area contributed by atoms with Gasteiger partial charge in [-0.1, -0.05) is 32.3 Å². The Hall–Kier alpha value is -2.82. The molecule has 1 saturated carbocycles. The highest BCUT2D eigenvalue weighted by atomic mass is 16.5. The van der Waals surface area contributed by atoms with E-state index in [1.54, 1.807) is 13.0 Å². The number of aromatic amines is 1. The predicted molar refractivity (Wildman–Crippen MR) is 172 cm³/mol. The normalized spacial score (nSPS) is 16.7. The average molecular weight is 612 g/mol. The molecule has 4 atom stereocenters. The first-order valence-corrected chi connectivity index (χ1v) is 16.4. The van der Waals surface area contributed by atoms with Gasteiger partial charge in [-0.3, -0.25) is 0 Å². The van der Waals surface area contributed by atoms with Gasteiger partial charge < -0.3 is 45.2 Å². The summed E-state index contributed by atoms with van der Waals surface area (Å²) in [6.07, 6.45) is 9.73. The van der Waals surface area contributed by atoms with E-state index < -0.39 is 12.2 Å². The van der Waals surface area contributed by atoms with Crippen LogP contribution in [0.5, 0.6) is 11.5 Å². The number of likely N-dealkylation sites (N-methyl/N-ethyl adjacent to an activating group) is 1. The first kappa shape index (κ1) is 34.1. The van der Waals surface area contributed by atoms with E-state index in [-0.39, 0.29) is 30.9 Å². The van der Waals surface area contributed by atoms with Crippen molar-refractivity contribution in [3.63, 3.8) is 0 Å². The zero-order valence-corrected chi connectivity index (χ0v) is 26.6. The van der Waals surface area contributed by atoms with E-state index in [9.17, 15) is 20.4 Å². The number of ether oxygens (including phenoxy) is 1. The van der Waals surface area contributed by atoms with E-state index in [2.05, 4.69) is 22.5 Å². The Kier molecular flexibility index (Phi) is 13.2. The molecule has 0 spiro atoms. The van der Waals surface area contributed by atoms with Crippen molar-refractivity contribution >= 4 is 0 Å². The SMILES string of the molecule is CCCCc1oc(CCc2ccc(O)c(OC[C@H](O)c3cc([C@H](C4CCCC4)[C@H](CNC)NC[C@H](C)O)c[nH]3)c2)cc1CO. The Morgan fingerprint density at radius 2 is 1.86 bits per heavy atom. The Morgan fingerprint density at radius 1 is 1.07 bits per heavy atom. The maximum absolute atomic E-state index is 11.1. The fourth-order valence-corrected chi connectivity index (χ4v) is 6.52. The van der Waals surface area contributed by atoms with E-state index in [4.69, 9.17) is 9.15 Å². The molecule has 7 N–H and O–H groups in total. The number of hydrogen-bond donors (Lipinski definition) is 7. The minimum atomic E-state index is -0.897. The van der Waals surface area contributed by atoms with Gasteiger partial charge in [0.2, 0.25) is 0 Å². The molecule has 0 radical (unpaired) electrons. The maximum Gasteiger partial charge on any atom is 0.161 e. The van der Waals surface area contributed by atoms with Crippen molar-refractivity contribution in [3.05, 3.63) is 70.4 Å².